The van der Waals surface area contributed by atoms with E-state index in [-0.39, 0.29) is 30.2 Å². The highest BCUT2D eigenvalue weighted by molar-refractivity contribution is 5.99. The molecule has 0 spiro atoms. The Morgan fingerprint density at radius 2 is 1.92 bits per heavy atom. The molecule has 8 nitrogen and oxygen atoms in total. The summed E-state index contributed by atoms with van der Waals surface area (Å²) in [6.45, 7) is 5.04. The van der Waals surface area contributed by atoms with E-state index in [2.05, 4.69) is 11.6 Å². The van der Waals surface area contributed by atoms with Gasteiger partial charge in [-0.2, -0.15) is 18.3 Å². The van der Waals surface area contributed by atoms with E-state index in [0.717, 1.165) is 28.7 Å². The number of anilines is 1. The number of benzene rings is 1. The number of hydrogen-bond acceptors (Lipinski definition) is 5. The molecule has 0 saturated carbocycles. The van der Waals surface area contributed by atoms with E-state index in [1.54, 1.807) is 9.80 Å². The SMILES string of the molecule is C=CC(=O)N1CCc2nn(Cc3ccccc3)c3c2[C@H](C1)N(C(=O)c1cnc(C(F)(F)F)cc1N)CC3. The lowest BCUT2D eigenvalue weighted by molar-refractivity contribution is -0.141. The van der Waals surface area contributed by atoms with E-state index >= 15 is 0 Å². The minimum atomic E-state index is -4.68. The molecule has 37 heavy (non-hydrogen) atoms. The third kappa shape index (κ3) is 4.56. The number of hydrogen-bond donors (Lipinski definition) is 1. The summed E-state index contributed by atoms with van der Waals surface area (Å²) in [5.74, 6) is -0.804. The van der Waals surface area contributed by atoms with Crippen molar-refractivity contribution in [3.8, 4) is 0 Å². The molecule has 0 saturated heterocycles. The highest BCUT2D eigenvalue weighted by atomic mass is 19.4. The minimum Gasteiger partial charge on any atom is -0.398 e. The first kappa shape index (κ1) is 24.5. The maximum atomic E-state index is 13.6. The number of aromatic nitrogens is 3. The largest absolute Gasteiger partial charge is 0.433 e. The Kier molecular flexibility index (Phi) is 6.22. The Labute approximate surface area is 211 Å². The highest BCUT2D eigenvalue weighted by Gasteiger charge is 2.40. The molecule has 3 aromatic rings. The Balaban J connectivity index is 1.53. The maximum Gasteiger partial charge on any atom is 0.433 e. The summed E-state index contributed by atoms with van der Waals surface area (Å²) in [7, 11) is 0. The zero-order valence-corrected chi connectivity index (χ0v) is 19.9. The number of carbonyl (C=O) groups is 2. The summed E-state index contributed by atoms with van der Waals surface area (Å²) in [6.07, 6.45) is -1.57. The number of nitrogen functional groups attached to an aromatic ring is 1. The minimum absolute atomic E-state index is 0.111. The number of nitrogens with two attached hydrogens (primary N) is 1. The van der Waals surface area contributed by atoms with Gasteiger partial charge >= 0.3 is 6.18 Å². The summed E-state index contributed by atoms with van der Waals surface area (Å²) in [6, 6.07) is 10.0. The number of amides is 2. The standard InChI is InChI=1S/C26H25F3N6O2/c1-2-23(36)33-10-8-19-24-20(35(32-19)14-16-6-4-3-5-7-16)9-11-34(21(24)15-33)25(37)17-13-31-22(12-18(17)30)26(27,28)29/h2-7,12-13,21H,1,8-11,14-15H2,(H2,30,31)/t21-/m0/s1. The molecule has 1 atom stereocenters. The molecule has 2 aliphatic heterocycles. The Hall–Kier alpha value is -4.15. The number of rotatable bonds is 4. The van der Waals surface area contributed by atoms with E-state index in [1.165, 1.54) is 6.08 Å². The van der Waals surface area contributed by atoms with E-state index in [1.807, 2.05) is 35.0 Å². The van der Waals surface area contributed by atoms with Gasteiger partial charge in [-0.25, -0.2) is 0 Å². The predicted molar refractivity (Wildman–Crippen MR) is 129 cm³/mol. The van der Waals surface area contributed by atoms with E-state index < -0.39 is 23.8 Å². The van der Waals surface area contributed by atoms with Crippen molar-refractivity contribution in [1.29, 1.82) is 0 Å². The Morgan fingerprint density at radius 1 is 1.16 bits per heavy atom. The van der Waals surface area contributed by atoms with Crippen LogP contribution in [-0.2, 0) is 30.4 Å². The molecule has 11 heteroatoms. The van der Waals surface area contributed by atoms with Crippen LogP contribution in [-0.4, -0.2) is 56.0 Å². The fourth-order valence-electron chi connectivity index (χ4n) is 5.09. The molecule has 2 aliphatic rings. The number of nitrogens with zero attached hydrogens (tertiary/aromatic N) is 5. The molecule has 0 aliphatic carbocycles. The third-order valence-corrected chi connectivity index (χ3v) is 6.86. The molecule has 192 valence electrons. The number of pyridine rings is 1. The maximum absolute atomic E-state index is 13.6. The molecular formula is C26H25F3N6O2. The van der Waals surface area contributed by atoms with Crippen molar-refractivity contribution in [3.63, 3.8) is 0 Å². The second-order valence-corrected chi connectivity index (χ2v) is 9.11. The van der Waals surface area contributed by atoms with Gasteiger partial charge in [-0.3, -0.25) is 19.3 Å². The molecule has 4 heterocycles. The zero-order chi connectivity index (χ0) is 26.3. The van der Waals surface area contributed by atoms with Crippen molar-refractivity contribution in [1.82, 2.24) is 24.6 Å². The third-order valence-electron chi connectivity index (χ3n) is 6.86. The van der Waals surface area contributed by atoms with Crippen molar-refractivity contribution < 1.29 is 22.8 Å². The van der Waals surface area contributed by atoms with Crippen LogP contribution >= 0.6 is 0 Å². The monoisotopic (exact) mass is 510 g/mol. The molecule has 2 N–H and O–H groups in total. The van der Waals surface area contributed by atoms with Crippen LogP contribution in [0.5, 0.6) is 0 Å². The van der Waals surface area contributed by atoms with Crippen molar-refractivity contribution in [2.24, 2.45) is 0 Å². The first-order valence-corrected chi connectivity index (χ1v) is 11.8. The van der Waals surface area contributed by atoms with Gasteiger partial charge in [0.1, 0.15) is 5.69 Å². The number of halogens is 3. The van der Waals surface area contributed by atoms with Gasteiger partial charge in [-0.1, -0.05) is 36.9 Å². The van der Waals surface area contributed by atoms with Gasteiger partial charge < -0.3 is 15.5 Å². The van der Waals surface area contributed by atoms with Crippen LogP contribution in [0.4, 0.5) is 18.9 Å². The topological polar surface area (TPSA) is 97.4 Å². The smallest absolute Gasteiger partial charge is 0.398 e. The van der Waals surface area contributed by atoms with Gasteiger partial charge in [0.25, 0.3) is 5.91 Å². The Morgan fingerprint density at radius 3 is 2.59 bits per heavy atom. The van der Waals surface area contributed by atoms with Crippen molar-refractivity contribution >= 4 is 17.5 Å². The lowest BCUT2D eigenvalue weighted by atomic mass is 9.94. The van der Waals surface area contributed by atoms with Crippen LogP contribution in [0.3, 0.4) is 0 Å². The van der Waals surface area contributed by atoms with Gasteiger partial charge in [0.2, 0.25) is 5.91 Å². The van der Waals surface area contributed by atoms with Gasteiger partial charge in [0.05, 0.1) is 23.8 Å². The Bertz CT molecular complexity index is 1370. The highest BCUT2D eigenvalue weighted by Crippen LogP contribution is 2.38. The quantitative estimate of drug-likeness (QED) is 0.544. The first-order chi connectivity index (χ1) is 17.7. The van der Waals surface area contributed by atoms with Gasteiger partial charge in [0.15, 0.2) is 0 Å². The predicted octanol–water partition coefficient (Wildman–Crippen LogP) is 3.24. The molecule has 0 unspecified atom stereocenters. The average Bonchev–Trinajstić information content (AvgIpc) is 3.11. The molecular weight excluding hydrogens is 485 g/mol. The van der Waals surface area contributed by atoms with Gasteiger partial charge in [-0.15, -0.1) is 0 Å². The second kappa shape index (κ2) is 9.38. The molecule has 2 aromatic heterocycles. The summed E-state index contributed by atoms with van der Waals surface area (Å²) in [4.78, 5) is 32.8. The van der Waals surface area contributed by atoms with Crippen LogP contribution in [0.2, 0.25) is 0 Å². The second-order valence-electron chi connectivity index (χ2n) is 9.11. The summed E-state index contributed by atoms with van der Waals surface area (Å²) < 4.78 is 41.2. The van der Waals surface area contributed by atoms with E-state index in [0.29, 0.717) is 32.0 Å². The lowest BCUT2D eigenvalue weighted by Crippen LogP contribution is -2.46. The fourth-order valence-corrected chi connectivity index (χ4v) is 5.09. The van der Waals surface area contributed by atoms with Gasteiger partial charge in [-0.05, 0) is 17.7 Å². The van der Waals surface area contributed by atoms with Gasteiger partial charge in [0, 0.05) is 55.6 Å². The van der Waals surface area contributed by atoms with Crippen LogP contribution in [0.15, 0.2) is 55.3 Å². The van der Waals surface area contributed by atoms with Crippen LogP contribution in [0, 0.1) is 0 Å². The van der Waals surface area contributed by atoms with Crippen LogP contribution < -0.4 is 5.73 Å². The molecule has 0 radical (unpaired) electrons. The molecule has 5 rings (SSSR count). The van der Waals surface area contributed by atoms with Crippen LogP contribution in [0.25, 0.3) is 0 Å². The number of alkyl halides is 3. The molecule has 0 bridgehead atoms. The summed E-state index contributed by atoms with van der Waals surface area (Å²) in [5.41, 5.74) is 8.06. The van der Waals surface area contributed by atoms with E-state index in [9.17, 15) is 22.8 Å². The van der Waals surface area contributed by atoms with Crippen LogP contribution in [0.1, 0.15) is 44.6 Å². The number of carbonyl (C=O) groups excluding carboxylic acids is 2. The van der Waals surface area contributed by atoms with Crippen molar-refractivity contribution in [2.45, 2.75) is 31.6 Å². The summed E-state index contributed by atoms with van der Waals surface area (Å²) >= 11 is 0. The zero-order valence-electron chi connectivity index (χ0n) is 19.9. The molecule has 2 amide bonds. The summed E-state index contributed by atoms with van der Waals surface area (Å²) in [5, 5.41) is 4.86. The van der Waals surface area contributed by atoms with Crippen molar-refractivity contribution in [2.75, 3.05) is 25.4 Å². The fraction of sp³-hybridized carbons (Fsp3) is 0.308. The average molecular weight is 511 g/mol. The first-order valence-electron chi connectivity index (χ1n) is 11.8. The normalized spacial score (nSPS) is 17.2. The lowest BCUT2D eigenvalue weighted by Gasteiger charge is -2.38. The molecule has 0 fully saturated rings. The molecule has 1 aromatic carbocycles. The van der Waals surface area contributed by atoms with E-state index in [4.69, 9.17) is 10.8 Å². The van der Waals surface area contributed by atoms with Crippen molar-refractivity contribution in [3.05, 3.63) is 89.0 Å².